The molecule has 160 valence electrons. The van der Waals surface area contributed by atoms with Gasteiger partial charge in [-0.2, -0.15) is 4.98 Å². The molecule has 5 rings (SSSR count). The molecule has 0 spiro atoms. The molecule has 2 aromatic carbocycles. The predicted molar refractivity (Wildman–Crippen MR) is 123 cm³/mol. The van der Waals surface area contributed by atoms with Gasteiger partial charge in [0.2, 0.25) is 11.7 Å². The molecule has 1 saturated heterocycles. The molecule has 1 aliphatic heterocycles. The average molecular weight is 438 g/mol. The number of methoxy groups -OCH3 is 1. The van der Waals surface area contributed by atoms with Crippen molar-refractivity contribution in [3.8, 4) is 5.75 Å². The molecule has 8 heteroatoms. The Labute approximate surface area is 184 Å². The van der Waals surface area contributed by atoms with Gasteiger partial charge in [0, 0.05) is 23.7 Å². The molecular formula is C23H24ClN5O2. The first-order valence-corrected chi connectivity index (χ1v) is 11.0. The highest BCUT2D eigenvalue weighted by atomic mass is 35.5. The Balaban J connectivity index is 1.75. The maximum Gasteiger partial charge on any atom is 0.282 e. The Morgan fingerprint density at radius 1 is 1.06 bits per heavy atom. The molecule has 1 fully saturated rings. The number of nitrogens with zero attached hydrogens (tertiary/aromatic N) is 5. The largest absolute Gasteiger partial charge is 0.496 e. The van der Waals surface area contributed by atoms with Crippen LogP contribution in [0.4, 0.5) is 5.95 Å². The van der Waals surface area contributed by atoms with Crippen molar-refractivity contribution in [1.82, 2.24) is 19.2 Å². The molecule has 0 amide bonds. The molecule has 31 heavy (non-hydrogen) atoms. The van der Waals surface area contributed by atoms with Crippen molar-refractivity contribution < 1.29 is 4.74 Å². The van der Waals surface area contributed by atoms with E-state index in [0.29, 0.717) is 22.7 Å². The first-order valence-electron chi connectivity index (χ1n) is 10.6. The van der Waals surface area contributed by atoms with Gasteiger partial charge in [0.25, 0.3) is 5.56 Å². The highest BCUT2D eigenvalue weighted by Gasteiger charge is 2.22. The highest BCUT2D eigenvalue weighted by molar-refractivity contribution is 6.31. The standard InChI is InChI=1S/C23H24ClN5O2/c1-31-20-9-5-4-8-16(20)15-28-22-25-21(30)18-14-17(24)10-11-19(18)29(22)23(26-28)27-12-6-2-3-7-13-27/h4-5,8-11,14H,2-3,6-7,12-13,15H2,1H3. The number of anilines is 1. The summed E-state index contributed by atoms with van der Waals surface area (Å²) in [4.78, 5) is 19.6. The zero-order chi connectivity index (χ0) is 21.4. The number of benzene rings is 2. The van der Waals surface area contributed by atoms with Crippen molar-refractivity contribution in [2.75, 3.05) is 25.1 Å². The van der Waals surface area contributed by atoms with Crippen molar-refractivity contribution in [2.24, 2.45) is 0 Å². The SMILES string of the molecule is COc1ccccc1Cn1nc(N2CCCCCC2)n2c3ccc(Cl)cc3c(=O)nc12. The molecule has 0 atom stereocenters. The normalized spacial score (nSPS) is 14.8. The van der Waals surface area contributed by atoms with Crippen LogP contribution in [-0.4, -0.2) is 39.4 Å². The molecule has 0 unspecified atom stereocenters. The lowest BCUT2D eigenvalue weighted by atomic mass is 10.2. The van der Waals surface area contributed by atoms with Crippen molar-refractivity contribution in [2.45, 2.75) is 32.2 Å². The Kier molecular flexibility index (Phi) is 5.28. The molecule has 0 saturated carbocycles. The van der Waals surface area contributed by atoms with E-state index in [0.717, 1.165) is 48.7 Å². The van der Waals surface area contributed by atoms with Crippen LogP contribution in [-0.2, 0) is 6.54 Å². The topological polar surface area (TPSA) is 64.7 Å². The van der Waals surface area contributed by atoms with E-state index in [9.17, 15) is 4.79 Å². The van der Waals surface area contributed by atoms with Gasteiger partial charge in [0.1, 0.15) is 5.75 Å². The number of ether oxygens (including phenoxy) is 1. The van der Waals surface area contributed by atoms with E-state index in [4.69, 9.17) is 21.4 Å². The summed E-state index contributed by atoms with van der Waals surface area (Å²) >= 11 is 6.18. The van der Waals surface area contributed by atoms with Gasteiger partial charge in [-0.15, -0.1) is 5.10 Å². The van der Waals surface area contributed by atoms with Gasteiger partial charge in [-0.05, 0) is 37.1 Å². The van der Waals surface area contributed by atoms with Crippen LogP contribution in [0, 0.1) is 0 Å². The number of para-hydroxylation sites is 1. The van der Waals surface area contributed by atoms with Crippen LogP contribution in [0.3, 0.4) is 0 Å². The minimum absolute atomic E-state index is 0.305. The quantitative estimate of drug-likeness (QED) is 0.480. The first kappa shape index (κ1) is 19.9. The molecule has 0 aliphatic carbocycles. The lowest BCUT2D eigenvalue weighted by Gasteiger charge is -2.20. The first-order chi connectivity index (χ1) is 15.2. The number of fused-ring (bicyclic) bond motifs is 3. The maximum absolute atomic E-state index is 12.9. The number of halogens is 1. The van der Waals surface area contributed by atoms with E-state index in [1.807, 2.05) is 34.7 Å². The second-order valence-electron chi connectivity index (χ2n) is 7.88. The van der Waals surface area contributed by atoms with Gasteiger partial charge in [-0.25, -0.2) is 9.08 Å². The van der Waals surface area contributed by atoms with Crippen molar-refractivity contribution in [3.63, 3.8) is 0 Å². The Hall–Kier alpha value is -3.06. The number of aromatic nitrogens is 4. The zero-order valence-corrected chi connectivity index (χ0v) is 18.2. The molecule has 0 radical (unpaired) electrons. The molecule has 7 nitrogen and oxygen atoms in total. The van der Waals surface area contributed by atoms with Gasteiger partial charge in [-0.3, -0.25) is 4.79 Å². The smallest absolute Gasteiger partial charge is 0.282 e. The summed E-state index contributed by atoms with van der Waals surface area (Å²) in [5.74, 6) is 2.11. The van der Waals surface area contributed by atoms with Crippen LogP contribution < -0.4 is 15.2 Å². The number of hydrogen-bond acceptors (Lipinski definition) is 5. The van der Waals surface area contributed by atoms with E-state index in [1.54, 1.807) is 23.9 Å². The van der Waals surface area contributed by atoms with E-state index in [2.05, 4.69) is 9.88 Å². The summed E-state index contributed by atoms with van der Waals surface area (Å²) < 4.78 is 9.31. The van der Waals surface area contributed by atoms with E-state index >= 15 is 0 Å². The summed E-state index contributed by atoms with van der Waals surface area (Å²) in [6.45, 7) is 2.32. The summed E-state index contributed by atoms with van der Waals surface area (Å²) in [5, 5.41) is 5.97. The highest BCUT2D eigenvalue weighted by Crippen LogP contribution is 2.26. The monoisotopic (exact) mass is 437 g/mol. The number of rotatable bonds is 4. The van der Waals surface area contributed by atoms with Crippen molar-refractivity contribution in [3.05, 3.63) is 63.4 Å². The average Bonchev–Trinajstić information content (AvgIpc) is 2.95. The molecule has 0 bridgehead atoms. The second-order valence-corrected chi connectivity index (χ2v) is 8.32. The summed E-state index contributed by atoms with van der Waals surface area (Å²) in [5.41, 5.74) is 1.44. The molecule has 4 aromatic rings. The van der Waals surface area contributed by atoms with E-state index < -0.39 is 0 Å². The minimum atomic E-state index is -0.305. The Morgan fingerprint density at radius 3 is 2.61 bits per heavy atom. The summed E-state index contributed by atoms with van der Waals surface area (Å²) in [6, 6.07) is 13.2. The molecule has 1 aliphatic rings. The third-order valence-corrected chi connectivity index (χ3v) is 6.11. The molecular weight excluding hydrogens is 414 g/mol. The van der Waals surface area contributed by atoms with Gasteiger partial charge < -0.3 is 9.64 Å². The van der Waals surface area contributed by atoms with Crippen LogP contribution in [0.1, 0.15) is 31.2 Å². The third kappa shape index (κ3) is 3.63. The fourth-order valence-electron chi connectivity index (χ4n) is 4.33. The van der Waals surface area contributed by atoms with Crippen LogP contribution in [0.5, 0.6) is 5.75 Å². The lowest BCUT2D eigenvalue weighted by molar-refractivity contribution is 0.407. The lowest BCUT2D eigenvalue weighted by Crippen LogP contribution is -2.26. The van der Waals surface area contributed by atoms with Gasteiger partial charge in [0.05, 0.1) is 24.6 Å². The van der Waals surface area contributed by atoms with Gasteiger partial charge in [0.15, 0.2) is 0 Å². The van der Waals surface area contributed by atoms with E-state index in [1.165, 1.54) is 12.8 Å². The van der Waals surface area contributed by atoms with Crippen LogP contribution in [0.25, 0.3) is 16.7 Å². The molecule has 3 heterocycles. The van der Waals surface area contributed by atoms with E-state index in [-0.39, 0.29) is 5.56 Å². The minimum Gasteiger partial charge on any atom is -0.496 e. The Bertz CT molecular complexity index is 1300. The maximum atomic E-state index is 12.9. The van der Waals surface area contributed by atoms with Crippen molar-refractivity contribution in [1.29, 1.82) is 0 Å². The summed E-state index contributed by atoms with van der Waals surface area (Å²) in [6.07, 6.45) is 4.69. The Morgan fingerprint density at radius 2 is 1.84 bits per heavy atom. The predicted octanol–water partition coefficient (Wildman–Crippen LogP) is 4.13. The third-order valence-electron chi connectivity index (χ3n) is 5.87. The zero-order valence-electron chi connectivity index (χ0n) is 17.4. The van der Waals surface area contributed by atoms with Crippen molar-refractivity contribution >= 4 is 34.2 Å². The molecule has 0 N–H and O–H groups in total. The fourth-order valence-corrected chi connectivity index (χ4v) is 4.50. The van der Waals surface area contributed by atoms with Crippen LogP contribution >= 0.6 is 11.6 Å². The molecule has 2 aromatic heterocycles. The van der Waals surface area contributed by atoms with Crippen LogP contribution in [0.2, 0.25) is 5.02 Å². The number of hydrogen-bond donors (Lipinski definition) is 0. The van der Waals surface area contributed by atoms with Crippen LogP contribution in [0.15, 0.2) is 47.3 Å². The second kappa shape index (κ2) is 8.23. The summed E-state index contributed by atoms with van der Waals surface area (Å²) in [7, 11) is 1.66. The van der Waals surface area contributed by atoms with Gasteiger partial charge in [-0.1, -0.05) is 42.6 Å². The fraction of sp³-hybridized carbons (Fsp3) is 0.348. The van der Waals surface area contributed by atoms with Gasteiger partial charge >= 0.3 is 0 Å².